The molecule has 3 heterocycles. The molecule has 2 aromatic heterocycles. The monoisotopic (exact) mass is 342 g/mol. The fraction of sp³-hybridized carbons (Fsp3) is 0.632. The smallest absolute Gasteiger partial charge is 0.256 e. The van der Waals surface area contributed by atoms with E-state index in [1.54, 1.807) is 0 Å². The number of amides is 1. The second kappa shape index (κ2) is 6.00. The lowest BCUT2D eigenvalue weighted by Crippen LogP contribution is -2.31. The third-order valence-electron chi connectivity index (χ3n) is 5.39. The first-order chi connectivity index (χ1) is 12.0. The third-order valence-corrected chi connectivity index (χ3v) is 5.39. The fourth-order valence-corrected chi connectivity index (χ4v) is 3.94. The molecule has 0 radical (unpaired) electrons. The van der Waals surface area contributed by atoms with Gasteiger partial charge in [-0.1, -0.05) is 19.0 Å². The maximum absolute atomic E-state index is 13.2. The molecule has 0 aromatic carbocycles. The van der Waals surface area contributed by atoms with Crippen molar-refractivity contribution in [3.05, 3.63) is 34.7 Å². The Labute approximate surface area is 148 Å². The molecular formula is C19H26N4O2. The molecule has 1 atom stereocenters. The predicted octanol–water partition coefficient (Wildman–Crippen LogP) is 3.92. The Morgan fingerprint density at radius 1 is 1.28 bits per heavy atom. The largest absolute Gasteiger partial charge is 0.345 e. The van der Waals surface area contributed by atoms with Gasteiger partial charge < -0.3 is 14.0 Å². The van der Waals surface area contributed by atoms with Crippen molar-refractivity contribution in [2.75, 3.05) is 6.54 Å². The molecule has 2 aliphatic rings. The van der Waals surface area contributed by atoms with Crippen LogP contribution in [-0.4, -0.2) is 32.1 Å². The number of carbonyl (C=O) groups is 1. The number of nitrogens with zero attached hydrogens (tertiary/aromatic N) is 4. The highest BCUT2D eigenvalue weighted by Gasteiger charge is 2.36. The third kappa shape index (κ3) is 2.77. The minimum atomic E-state index is -0.0762. The van der Waals surface area contributed by atoms with Gasteiger partial charge in [0.15, 0.2) is 5.82 Å². The zero-order chi connectivity index (χ0) is 17.7. The van der Waals surface area contributed by atoms with E-state index >= 15 is 0 Å². The average Bonchev–Trinajstić information content (AvgIpc) is 3.02. The SMILES string of the molecule is Cc1cc(C(=O)N2CCCC2c2noc(C(C)C)n2)c(C)n1C1CC1. The van der Waals surface area contributed by atoms with Gasteiger partial charge >= 0.3 is 0 Å². The van der Waals surface area contributed by atoms with Gasteiger partial charge in [0.05, 0.1) is 11.6 Å². The van der Waals surface area contributed by atoms with E-state index < -0.39 is 0 Å². The quantitative estimate of drug-likeness (QED) is 0.844. The lowest BCUT2D eigenvalue weighted by molar-refractivity contribution is 0.0727. The van der Waals surface area contributed by atoms with E-state index in [9.17, 15) is 4.79 Å². The fourth-order valence-electron chi connectivity index (χ4n) is 3.94. The first-order valence-corrected chi connectivity index (χ1v) is 9.30. The summed E-state index contributed by atoms with van der Waals surface area (Å²) < 4.78 is 7.68. The predicted molar refractivity (Wildman–Crippen MR) is 93.6 cm³/mol. The van der Waals surface area contributed by atoms with Crippen molar-refractivity contribution in [3.8, 4) is 0 Å². The molecule has 1 aliphatic carbocycles. The van der Waals surface area contributed by atoms with Crippen LogP contribution < -0.4 is 0 Å². The molecule has 1 amide bonds. The zero-order valence-electron chi connectivity index (χ0n) is 15.5. The highest BCUT2D eigenvalue weighted by Crippen LogP contribution is 2.39. The van der Waals surface area contributed by atoms with Crippen molar-refractivity contribution in [3.63, 3.8) is 0 Å². The summed E-state index contributed by atoms with van der Waals surface area (Å²) in [4.78, 5) is 19.7. The number of rotatable bonds is 4. The normalized spacial score (nSPS) is 20.7. The van der Waals surface area contributed by atoms with Gasteiger partial charge in [-0.3, -0.25) is 4.79 Å². The summed E-state index contributed by atoms with van der Waals surface area (Å²) in [6, 6.07) is 2.55. The van der Waals surface area contributed by atoms with E-state index in [0.29, 0.717) is 17.8 Å². The Balaban J connectivity index is 1.61. The summed E-state index contributed by atoms with van der Waals surface area (Å²) >= 11 is 0. The Hall–Kier alpha value is -2.11. The average molecular weight is 342 g/mol. The van der Waals surface area contributed by atoms with Gasteiger partial charge in [-0.25, -0.2) is 0 Å². The summed E-state index contributed by atoms with van der Waals surface area (Å²) in [6.45, 7) is 8.97. The molecule has 1 saturated carbocycles. The Morgan fingerprint density at radius 3 is 2.68 bits per heavy atom. The molecule has 1 aliphatic heterocycles. The first-order valence-electron chi connectivity index (χ1n) is 9.30. The van der Waals surface area contributed by atoms with Crippen molar-refractivity contribution < 1.29 is 9.32 Å². The number of carbonyl (C=O) groups excluding carboxylic acids is 1. The molecule has 1 saturated heterocycles. The van der Waals surface area contributed by atoms with Crippen LogP contribution in [0.5, 0.6) is 0 Å². The molecule has 25 heavy (non-hydrogen) atoms. The molecule has 2 aromatic rings. The molecule has 0 spiro atoms. The van der Waals surface area contributed by atoms with Gasteiger partial charge in [0.2, 0.25) is 5.89 Å². The highest BCUT2D eigenvalue weighted by molar-refractivity contribution is 5.96. The molecular weight excluding hydrogens is 316 g/mol. The Kier molecular flexibility index (Phi) is 3.93. The van der Waals surface area contributed by atoms with Crippen LogP contribution in [0.4, 0.5) is 0 Å². The lowest BCUT2D eigenvalue weighted by atomic mass is 10.1. The molecule has 134 valence electrons. The van der Waals surface area contributed by atoms with E-state index in [1.165, 1.54) is 18.5 Å². The van der Waals surface area contributed by atoms with Crippen LogP contribution in [0.25, 0.3) is 0 Å². The van der Waals surface area contributed by atoms with Gasteiger partial charge in [0.1, 0.15) is 0 Å². The van der Waals surface area contributed by atoms with Crippen LogP contribution in [0, 0.1) is 13.8 Å². The van der Waals surface area contributed by atoms with E-state index in [4.69, 9.17) is 4.52 Å². The van der Waals surface area contributed by atoms with Crippen molar-refractivity contribution in [1.82, 2.24) is 19.6 Å². The number of aromatic nitrogens is 3. The van der Waals surface area contributed by atoms with Gasteiger partial charge in [-0.05, 0) is 45.6 Å². The van der Waals surface area contributed by atoms with Gasteiger partial charge in [-0.15, -0.1) is 0 Å². The molecule has 2 fully saturated rings. The topological polar surface area (TPSA) is 64.2 Å². The zero-order valence-corrected chi connectivity index (χ0v) is 15.5. The van der Waals surface area contributed by atoms with Crippen molar-refractivity contribution in [2.24, 2.45) is 0 Å². The first kappa shape index (κ1) is 16.4. The van der Waals surface area contributed by atoms with Crippen LogP contribution in [0.3, 0.4) is 0 Å². The number of hydrogen-bond donors (Lipinski definition) is 0. The van der Waals surface area contributed by atoms with E-state index in [2.05, 4.69) is 28.6 Å². The van der Waals surface area contributed by atoms with Gasteiger partial charge in [-0.2, -0.15) is 4.98 Å². The number of hydrogen-bond acceptors (Lipinski definition) is 4. The minimum absolute atomic E-state index is 0.0762. The van der Waals surface area contributed by atoms with Crippen LogP contribution in [-0.2, 0) is 0 Å². The summed E-state index contributed by atoms with van der Waals surface area (Å²) in [7, 11) is 0. The molecule has 0 N–H and O–H groups in total. The lowest BCUT2D eigenvalue weighted by Gasteiger charge is -2.22. The maximum atomic E-state index is 13.2. The Bertz CT molecular complexity index is 800. The summed E-state index contributed by atoms with van der Waals surface area (Å²) in [5.74, 6) is 1.58. The second-order valence-electron chi connectivity index (χ2n) is 7.69. The van der Waals surface area contributed by atoms with Crippen molar-refractivity contribution in [1.29, 1.82) is 0 Å². The summed E-state index contributed by atoms with van der Waals surface area (Å²) in [6.07, 6.45) is 4.31. The van der Waals surface area contributed by atoms with E-state index in [1.807, 2.05) is 24.8 Å². The van der Waals surface area contributed by atoms with Gasteiger partial charge in [0.25, 0.3) is 5.91 Å². The van der Waals surface area contributed by atoms with E-state index in [-0.39, 0.29) is 17.9 Å². The highest BCUT2D eigenvalue weighted by atomic mass is 16.5. The molecule has 6 nitrogen and oxygen atoms in total. The molecule has 6 heteroatoms. The van der Waals surface area contributed by atoms with Crippen LogP contribution in [0.1, 0.15) is 91.0 Å². The minimum Gasteiger partial charge on any atom is -0.345 e. The molecule has 1 unspecified atom stereocenters. The number of likely N-dealkylation sites (tertiary alicyclic amines) is 1. The van der Waals surface area contributed by atoms with E-state index in [0.717, 1.165) is 30.6 Å². The summed E-state index contributed by atoms with van der Waals surface area (Å²) in [5.41, 5.74) is 3.09. The van der Waals surface area contributed by atoms with Crippen LogP contribution in [0.15, 0.2) is 10.6 Å². The standard InChI is InChI=1S/C19H26N4O2/c1-11(2)18-20-17(21-25-18)16-6-5-9-22(16)19(24)15-10-12(3)23(13(15)4)14-7-8-14/h10-11,14,16H,5-9H2,1-4H3. The molecule has 0 bridgehead atoms. The van der Waals surface area contributed by atoms with Crippen molar-refractivity contribution in [2.45, 2.75) is 71.4 Å². The second-order valence-corrected chi connectivity index (χ2v) is 7.69. The summed E-state index contributed by atoms with van der Waals surface area (Å²) in [5, 5.41) is 4.14. The van der Waals surface area contributed by atoms with Crippen LogP contribution in [0.2, 0.25) is 0 Å². The molecule has 4 rings (SSSR count). The Morgan fingerprint density at radius 2 is 2.04 bits per heavy atom. The van der Waals surface area contributed by atoms with Gasteiger partial charge in [0, 0.05) is 29.9 Å². The maximum Gasteiger partial charge on any atom is 0.256 e. The van der Waals surface area contributed by atoms with Crippen LogP contribution >= 0.6 is 0 Å². The number of aryl methyl sites for hydroxylation is 1. The van der Waals surface area contributed by atoms with Crippen molar-refractivity contribution >= 4 is 5.91 Å².